The fraction of sp³-hybridized carbons (Fsp3) is 0.750. The van der Waals surface area contributed by atoms with Gasteiger partial charge in [-0.2, -0.15) is 0 Å². The smallest absolute Gasteiger partial charge is 0.0262 e. The summed E-state index contributed by atoms with van der Waals surface area (Å²) in [4.78, 5) is 0. The van der Waals surface area contributed by atoms with Crippen LogP contribution in [-0.2, 0) is 11.8 Å². The van der Waals surface area contributed by atoms with Gasteiger partial charge in [-0.15, -0.1) is 12.3 Å². The van der Waals surface area contributed by atoms with Crippen molar-refractivity contribution in [2.75, 3.05) is 26.4 Å². The van der Waals surface area contributed by atoms with Crippen LogP contribution in [0, 0.1) is 18.3 Å². The molecule has 1 heterocycles. The Morgan fingerprint density at radius 1 is 1.64 bits per heavy atom. The molecule has 1 aliphatic heterocycles. The maximum atomic E-state index is 5.58. The quantitative estimate of drug-likeness (QED) is 0.453. The molecule has 62 valence electrons. The zero-order valence-electron chi connectivity index (χ0n) is 7.08. The van der Waals surface area contributed by atoms with E-state index in [9.17, 15) is 0 Å². The van der Waals surface area contributed by atoms with E-state index in [-0.39, 0.29) is 0 Å². The molecule has 0 aromatic carbocycles. The lowest BCUT2D eigenvalue weighted by Crippen LogP contribution is -2.09. The molecule has 1 fully saturated rings. The standard InChI is InChI=1S/C8H14NPS/c1-4-8-5-6-10(11,7-8)9(2)3/h1,8H,5-7H2,2-3H3. The summed E-state index contributed by atoms with van der Waals surface area (Å²) in [5, 5.41) is 0. The number of nitrogens with zero attached hydrogens (tertiary/aromatic N) is 1. The van der Waals surface area contributed by atoms with Gasteiger partial charge in [-0.1, -0.05) is 11.8 Å². The summed E-state index contributed by atoms with van der Waals surface area (Å²) >= 11 is 5.58. The van der Waals surface area contributed by atoms with Gasteiger partial charge in [0.05, 0.1) is 0 Å². The van der Waals surface area contributed by atoms with Crippen molar-refractivity contribution < 1.29 is 0 Å². The lowest BCUT2D eigenvalue weighted by molar-refractivity contribution is 0.676. The van der Waals surface area contributed by atoms with Crippen molar-refractivity contribution in [3.8, 4) is 12.3 Å². The Balaban J connectivity index is 2.67. The summed E-state index contributed by atoms with van der Waals surface area (Å²) in [6.07, 6.45) is 7.57. The van der Waals surface area contributed by atoms with Crippen molar-refractivity contribution in [1.29, 1.82) is 0 Å². The minimum atomic E-state index is -1.19. The van der Waals surface area contributed by atoms with E-state index in [1.165, 1.54) is 6.16 Å². The average Bonchev–Trinajstić information content (AvgIpc) is 2.33. The molecule has 0 aromatic heterocycles. The Kier molecular flexibility index (Phi) is 2.75. The van der Waals surface area contributed by atoms with E-state index in [0.717, 1.165) is 12.6 Å². The van der Waals surface area contributed by atoms with E-state index < -0.39 is 6.19 Å². The molecule has 0 amide bonds. The van der Waals surface area contributed by atoms with Crippen LogP contribution in [0.3, 0.4) is 0 Å². The molecule has 1 aliphatic rings. The van der Waals surface area contributed by atoms with Gasteiger partial charge in [0.15, 0.2) is 0 Å². The molecule has 2 atom stereocenters. The Hall–Kier alpha value is 0.170. The lowest BCUT2D eigenvalue weighted by Gasteiger charge is -2.23. The highest BCUT2D eigenvalue weighted by Gasteiger charge is 2.30. The molecule has 1 saturated heterocycles. The average molecular weight is 187 g/mol. The topological polar surface area (TPSA) is 3.24 Å². The highest BCUT2D eigenvalue weighted by molar-refractivity contribution is 8.13. The highest BCUT2D eigenvalue weighted by atomic mass is 32.4. The summed E-state index contributed by atoms with van der Waals surface area (Å²) in [6, 6.07) is 0. The van der Waals surface area contributed by atoms with Crippen molar-refractivity contribution in [3.63, 3.8) is 0 Å². The molecule has 0 saturated carbocycles. The van der Waals surface area contributed by atoms with Crippen molar-refractivity contribution in [2.45, 2.75) is 6.42 Å². The largest absolute Gasteiger partial charge is 0.281 e. The number of hydrogen-bond acceptors (Lipinski definition) is 1. The van der Waals surface area contributed by atoms with Crippen LogP contribution >= 0.6 is 6.19 Å². The molecule has 3 heteroatoms. The van der Waals surface area contributed by atoms with Crippen LogP contribution in [0.15, 0.2) is 0 Å². The summed E-state index contributed by atoms with van der Waals surface area (Å²) in [5.74, 6) is 3.27. The molecule has 0 aromatic rings. The van der Waals surface area contributed by atoms with Gasteiger partial charge in [0.25, 0.3) is 0 Å². The number of hydrogen-bond donors (Lipinski definition) is 0. The first-order valence-electron chi connectivity index (χ1n) is 3.80. The van der Waals surface area contributed by atoms with Crippen LogP contribution in [-0.4, -0.2) is 31.1 Å². The maximum absolute atomic E-state index is 5.58. The van der Waals surface area contributed by atoms with E-state index in [0.29, 0.717) is 5.92 Å². The van der Waals surface area contributed by atoms with Gasteiger partial charge in [0.1, 0.15) is 0 Å². The SMILES string of the molecule is C#CC1CCP(=S)(N(C)C)C1. The van der Waals surface area contributed by atoms with Gasteiger partial charge in [0.2, 0.25) is 0 Å². The molecule has 2 unspecified atom stereocenters. The van der Waals surface area contributed by atoms with Crippen molar-refractivity contribution in [1.82, 2.24) is 4.67 Å². The highest BCUT2D eigenvalue weighted by Crippen LogP contribution is 2.55. The molecular formula is C8H14NPS. The van der Waals surface area contributed by atoms with Crippen molar-refractivity contribution >= 4 is 18.0 Å². The van der Waals surface area contributed by atoms with Crippen LogP contribution < -0.4 is 0 Å². The fourth-order valence-corrected chi connectivity index (χ4v) is 4.84. The molecule has 0 spiro atoms. The van der Waals surface area contributed by atoms with E-state index in [1.54, 1.807) is 0 Å². The van der Waals surface area contributed by atoms with Crippen molar-refractivity contribution in [2.24, 2.45) is 5.92 Å². The summed E-state index contributed by atoms with van der Waals surface area (Å²) < 4.78 is 2.22. The zero-order chi connectivity index (χ0) is 8.48. The first-order chi connectivity index (χ1) is 5.08. The predicted octanol–water partition coefficient (Wildman–Crippen LogP) is 1.60. The van der Waals surface area contributed by atoms with E-state index in [4.69, 9.17) is 18.2 Å². The number of terminal acetylenes is 1. The minimum absolute atomic E-state index is 0.461. The van der Waals surface area contributed by atoms with Crippen LogP contribution in [0.4, 0.5) is 0 Å². The van der Waals surface area contributed by atoms with Gasteiger partial charge < -0.3 is 0 Å². The normalized spacial score (nSPS) is 37.5. The number of rotatable bonds is 1. The summed E-state index contributed by atoms with van der Waals surface area (Å²) in [5.41, 5.74) is 0. The Labute approximate surface area is 74.2 Å². The van der Waals surface area contributed by atoms with Crippen LogP contribution in [0.25, 0.3) is 0 Å². The second kappa shape index (κ2) is 3.27. The Morgan fingerprint density at radius 2 is 2.27 bits per heavy atom. The Morgan fingerprint density at radius 3 is 2.55 bits per heavy atom. The Bertz CT molecular complexity index is 229. The van der Waals surface area contributed by atoms with Crippen molar-refractivity contribution in [3.05, 3.63) is 0 Å². The maximum Gasteiger partial charge on any atom is 0.0262 e. The summed E-state index contributed by atoms with van der Waals surface area (Å²) in [6.45, 7) is 0. The van der Waals surface area contributed by atoms with Gasteiger partial charge in [0, 0.05) is 18.3 Å². The van der Waals surface area contributed by atoms with Crippen LogP contribution in [0.5, 0.6) is 0 Å². The molecule has 0 bridgehead atoms. The van der Waals surface area contributed by atoms with Crippen LogP contribution in [0.2, 0.25) is 0 Å². The van der Waals surface area contributed by atoms with E-state index >= 15 is 0 Å². The molecular weight excluding hydrogens is 173 g/mol. The predicted molar refractivity (Wildman–Crippen MR) is 54.6 cm³/mol. The third kappa shape index (κ3) is 1.85. The van der Waals surface area contributed by atoms with Gasteiger partial charge in [-0.25, -0.2) is 0 Å². The second-order valence-electron chi connectivity index (χ2n) is 3.25. The molecule has 0 aliphatic carbocycles. The van der Waals surface area contributed by atoms with E-state index in [2.05, 4.69) is 24.7 Å². The molecule has 0 radical (unpaired) electrons. The molecule has 0 N–H and O–H groups in total. The molecule has 1 nitrogen and oxygen atoms in total. The monoisotopic (exact) mass is 187 g/mol. The third-order valence-electron chi connectivity index (χ3n) is 2.30. The lowest BCUT2D eigenvalue weighted by atomic mass is 10.1. The molecule has 1 rings (SSSR count). The van der Waals surface area contributed by atoms with Gasteiger partial charge >= 0.3 is 0 Å². The first-order valence-corrected chi connectivity index (χ1v) is 6.93. The first kappa shape index (κ1) is 9.26. The minimum Gasteiger partial charge on any atom is -0.281 e. The third-order valence-corrected chi connectivity index (χ3v) is 7.70. The fourth-order valence-electron chi connectivity index (χ4n) is 1.38. The summed E-state index contributed by atoms with van der Waals surface area (Å²) in [7, 11) is 4.17. The zero-order valence-corrected chi connectivity index (χ0v) is 8.79. The van der Waals surface area contributed by atoms with Gasteiger partial charge in [-0.3, -0.25) is 4.67 Å². The molecule has 11 heavy (non-hydrogen) atoms. The second-order valence-corrected chi connectivity index (χ2v) is 8.60. The van der Waals surface area contributed by atoms with E-state index in [1.807, 2.05) is 0 Å². The van der Waals surface area contributed by atoms with Gasteiger partial charge in [-0.05, 0) is 26.7 Å². The van der Waals surface area contributed by atoms with Crippen LogP contribution in [0.1, 0.15) is 6.42 Å².